The van der Waals surface area contributed by atoms with E-state index in [9.17, 15) is 9.90 Å². The molecule has 2 rings (SSSR count). The van der Waals surface area contributed by atoms with Crippen molar-refractivity contribution >= 4 is 5.97 Å². The maximum absolute atomic E-state index is 11.7. The van der Waals surface area contributed by atoms with E-state index in [1.165, 1.54) is 0 Å². The molecular formula is C13H23NO3. The molecule has 17 heavy (non-hydrogen) atoms. The maximum Gasteiger partial charge on any atom is 0.324 e. The summed E-state index contributed by atoms with van der Waals surface area (Å²) in [5, 5.41) is 9.63. The summed E-state index contributed by atoms with van der Waals surface area (Å²) in [6.45, 7) is 6.40. The van der Waals surface area contributed by atoms with E-state index in [-0.39, 0.29) is 6.10 Å². The molecule has 0 aromatic heterocycles. The number of aliphatic carboxylic acids is 1. The third-order valence-corrected chi connectivity index (χ3v) is 4.35. The Morgan fingerprint density at radius 3 is 2.53 bits per heavy atom. The van der Waals surface area contributed by atoms with E-state index in [1.807, 2.05) is 6.92 Å². The molecule has 1 saturated heterocycles. The lowest BCUT2D eigenvalue weighted by atomic mass is 9.75. The van der Waals surface area contributed by atoms with Crippen LogP contribution in [0.25, 0.3) is 0 Å². The largest absolute Gasteiger partial charge is 0.480 e. The van der Waals surface area contributed by atoms with Crippen molar-refractivity contribution in [1.82, 2.24) is 4.90 Å². The fourth-order valence-electron chi connectivity index (χ4n) is 3.11. The van der Waals surface area contributed by atoms with E-state index >= 15 is 0 Å². The van der Waals surface area contributed by atoms with Crippen LogP contribution in [-0.2, 0) is 9.53 Å². The zero-order valence-corrected chi connectivity index (χ0v) is 10.8. The molecule has 0 amide bonds. The Balaban J connectivity index is 2.13. The van der Waals surface area contributed by atoms with Crippen molar-refractivity contribution in [3.05, 3.63) is 0 Å². The molecule has 98 valence electrons. The van der Waals surface area contributed by atoms with Gasteiger partial charge in [0.25, 0.3) is 0 Å². The number of ether oxygens (including phenoxy) is 1. The summed E-state index contributed by atoms with van der Waals surface area (Å²) in [7, 11) is 0. The lowest BCUT2D eigenvalue weighted by Crippen LogP contribution is -2.60. The summed E-state index contributed by atoms with van der Waals surface area (Å²) in [5.74, 6) is 0.0273. The van der Waals surface area contributed by atoms with Crippen molar-refractivity contribution in [1.29, 1.82) is 0 Å². The van der Waals surface area contributed by atoms with Crippen LogP contribution in [0.2, 0.25) is 0 Å². The molecule has 4 nitrogen and oxygen atoms in total. The minimum absolute atomic E-state index is 0.152. The highest BCUT2D eigenvalue weighted by atomic mass is 16.5. The molecule has 0 aromatic carbocycles. The first-order valence-corrected chi connectivity index (χ1v) is 6.64. The quantitative estimate of drug-likeness (QED) is 0.800. The lowest BCUT2D eigenvalue weighted by molar-refractivity contribution is -0.161. The van der Waals surface area contributed by atoms with Gasteiger partial charge in [0.15, 0.2) is 0 Å². The summed E-state index contributed by atoms with van der Waals surface area (Å²) in [4.78, 5) is 13.9. The molecule has 0 bridgehead atoms. The van der Waals surface area contributed by atoms with Gasteiger partial charge in [0.2, 0.25) is 0 Å². The predicted octanol–water partition coefficient (Wildman–Crippen LogP) is 1.74. The second-order valence-electron chi connectivity index (χ2n) is 5.65. The number of hydrogen-bond acceptors (Lipinski definition) is 3. The number of hydrogen-bond donors (Lipinski definition) is 1. The van der Waals surface area contributed by atoms with E-state index in [0.717, 1.165) is 38.8 Å². The Labute approximate surface area is 103 Å². The summed E-state index contributed by atoms with van der Waals surface area (Å²) in [5.41, 5.74) is -0.620. The van der Waals surface area contributed by atoms with Crippen molar-refractivity contribution in [2.75, 3.05) is 19.7 Å². The molecule has 0 radical (unpaired) electrons. The average molecular weight is 241 g/mol. The van der Waals surface area contributed by atoms with Crippen LogP contribution in [0.3, 0.4) is 0 Å². The molecule has 1 saturated carbocycles. The van der Waals surface area contributed by atoms with Crippen LogP contribution in [0, 0.1) is 5.92 Å². The third-order valence-electron chi connectivity index (χ3n) is 4.35. The van der Waals surface area contributed by atoms with Gasteiger partial charge in [0.1, 0.15) is 5.54 Å². The van der Waals surface area contributed by atoms with Gasteiger partial charge in [-0.15, -0.1) is 0 Å². The second-order valence-corrected chi connectivity index (χ2v) is 5.65. The van der Waals surface area contributed by atoms with Crippen LogP contribution >= 0.6 is 0 Å². The Morgan fingerprint density at radius 2 is 2.00 bits per heavy atom. The van der Waals surface area contributed by atoms with E-state index in [2.05, 4.69) is 11.8 Å². The van der Waals surface area contributed by atoms with Crippen LogP contribution in [0.4, 0.5) is 0 Å². The highest BCUT2D eigenvalue weighted by Gasteiger charge is 2.47. The molecule has 4 heteroatoms. The highest BCUT2D eigenvalue weighted by Crippen LogP contribution is 2.37. The van der Waals surface area contributed by atoms with Gasteiger partial charge in [-0.2, -0.15) is 0 Å². The zero-order chi connectivity index (χ0) is 12.5. The highest BCUT2D eigenvalue weighted by molar-refractivity contribution is 5.79. The van der Waals surface area contributed by atoms with Gasteiger partial charge >= 0.3 is 5.97 Å². The van der Waals surface area contributed by atoms with Gasteiger partial charge in [0, 0.05) is 13.1 Å². The number of rotatable bonds is 2. The van der Waals surface area contributed by atoms with Gasteiger partial charge in [-0.3, -0.25) is 9.69 Å². The summed E-state index contributed by atoms with van der Waals surface area (Å²) in [6.07, 6.45) is 3.78. The number of morpholine rings is 1. The average Bonchev–Trinajstić information content (AvgIpc) is 2.30. The van der Waals surface area contributed by atoms with Crippen molar-refractivity contribution in [2.24, 2.45) is 5.92 Å². The van der Waals surface area contributed by atoms with Crippen LogP contribution in [0.5, 0.6) is 0 Å². The SMILES string of the molecule is CC1CCC(C(=O)O)(N2CCOC(C)C2)CC1. The Bertz CT molecular complexity index is 284. The molecule has 1 unspecified atom stereocenters. The molecule has 2 aliphatic rings. The molecule has 1 aliphatic carbocycles. The molecule has 2 fully saturated rings. The van der Waals surface area contributed by atoms with Gasteiger partial charge in [-0.25, -0.2) is 0 Å². The minimum atomic E-state index is -0.640. The summed E-state index contributed by atoms with van der Waals surface area (Å²) >= 11 is 0. The Kier molecular flexibility index (Phi) is 3.73. The van der Waals surface area contributed by atoms with Crippen molar-refractivity contribution < 1.29 is 14.6 Å². The monoisotopic (exact) mass is 241 g/mol. The van der Waals surface area contributed by atoms with E-state index in [0.29, 0.717) is 12.5 Å². The van der Waals surface area contributed by atoms with Crippen molar-refractivity contribution in [3.8, 4) is 0 Å². The molecule has 0 spiro atoms. The normalized spacial score (nSPS) is 40.1. The summed E-state index contributed by atoms with van der Waals surface area (Å²) in [6, 6.07) is 0. The first-order valence-electron chi connectivity index (χ1n) is 6.64. The predicted molar refractivity (Wildman–Crippen MR) is 65.0 cm³/mol. The molecule has 1 N–H and O–H groups in total. The fraction of sp³-hybridized carbons (Fsp3) is 0.923. The smallest absolute Gasteiger partial charge is 0.324 e. The van der Waals surface area contributed by atoms with E-state index in [4.69, 9.17) is 4.74 Å². The molecule has 1 atom stereocenters. The molecular weight excluding hydrogens is 218 g/mol. The second kappa shape index (κ2) is 4.94. The van der Waals surface area contributed by atoms with Crippen LogP contribution in [0.1, 0.15) is 39.5 Å². The Hall–Kier alpha value is -0.610. The van der Waals surface area contributed by atoms with Crippen LogP contribution < -0.4 is 0 Å². The van der Waals surface area contributed by atoms with Gasteiger partial charge in [-0.1, -0.05) is 6.92 Å². The fourth-order valence-corrected chi connectivity index (χ4v) is 3.11. The standard InChI is InChI=1S/C13H23NO3/c1-10-3-5-13(6-4-10,12(15)16)14-7-8-17-11(2)9-14/h10-11H,3-9H2,1-2H3,(H,15,16). The van der Waals surface area contributed by atoms with Crippen LogP contribution in [-0.4, -0.2) is 47.3 Å². The molecule has 1 heterocycles. The maximum atomic E-state index is 11.7. The lowest BCUT2D eigenvalue weighted by Gasteiger charge is -2.47. The minimum Gasteiger partial charge on any atom is -0.480 e. The van der Waals surface area contributed by atoms with E-state index < -0.39 is 11.5 Å². The van der Waals surface area contributed by atoms with E-state index in [1.54, 1.807) is 0 Å². The zero-order valence-electron chi connectivity index (χ0n) is 10.8. The third kappa shape index (κ3) is 2.47. The molecule has 0 aromatic rings. The Morgan fingerprint density at radius 1 is 1.35 bits per heavy atom. The number of nitrogens with zero attached hydrogens (tertiary/aromatic N) is 1. The van der Waals surface area contributed by atoms with Gasteiger partial charge in [-0.05, 0) is 38.5 Å². The van der Waals surface area contributed by atoms with Crippen molar-refractivity contribution in [2.45, 2.75) is 51.2 Å². The van der Waals surface area contributed by atoms with Gasteiger partial charge < -0.3 is 9.84 Å². The van der Waals surface area contributed by atoms with Crippen LogP contribution in [0.15, 0.2) is 0 Å². The van der Waals surface area contributed by atoms with Gasteiger partial charge in [0.05, 0.1) is 12.7 Å². The number of carbonyl (C=O) groups is 1. The number of carboxylic acid groups (broad SMARTS) is 1. The first kappa shape index (κ1) is 12.8. The number of carboxylic acids is 1. The van der Waals surface area contributed by atoms with Crippen molar-refractivity contribution in [3.63, 3.8) is 0 Å². The first-order chi connectivity index (χ1) is 8.04. The topological polar surface area (TPSA) is 49.8 Å². The molecule has 1 aliphatic heterocycles. The summed E-state index contributed by atoms with van der Waals surface area (Å²) < 4.78 is 5.51.